The van der Waals surface area contributed by atoms with Crippen molar-refractivity contribution in [1.82, 2.24) is 9.97 Å². The summed E-state index contributed by atoms with van der Waals surface area (Å²) in [5, 5.41) is 7.07. The van der Waals surface area contributed by atoms with E-state index in [0.29, 0.717) is 10.6 Å². The second kappa shape index (κ2) is 10.0. The van der Waals surface area contributed by atoms with E-state index >= 15 is 0 Å². The Labute approximate surface area is 204 Å². The Hall–Kier alpha value is -2.75. The number of thiophene rings is 2. The molecule has 4 rings (SSSR count). The average molecular weight is 498 g/mol. The van der Waals surface area contributed by atoms with E-state index < -0.39 is 5.97 Å². The molecule has 0 radical (unpaired) electrons. The number of nitrogens with zero attached hydrogens (tertiary/aromatic N) is 2. The summed E-state index contributed by atoms with van der Waals surface area (Å²) in [4.78, 5) is 36.4. The number of benzene rings is 1. The van der Waals surface area contributed by atoms with Crippen molar-refractivity contribution in [3.8, 4) is 11.1 Å². The molecule has 0 saturated heterocycles. The number of ether oxygens (including phenoxy) is 1. The van der Waals surface area contributed by atoms with E-state index in [4.69, 9.17) is 4.74 Å². The summed E-state index contributed by atoms with van der Waals surface area (Å²) >= 11 is 4.31. The first-order valence-corrected chi connectivity index (χ1v) is 13.1. The molecule has 1 N–H and O–H groups in total. The molecule has 0 aliphatic carbocycles. The second-order valence-corrected chi connectivity index (χ2v) is 10.5. The van der Waals surface area contributed by atoms with E-state index in [2.05, 4.69) is 22.2 Å². The second-order valence-electron chi connectivity index (χ2n) is 7.42. The van der Waals surface area contributed by atoms with E-state index in [-0.39, 0.29) is 18.3 Å². The fourth-order valence-corrected chi connectivity index (χ4v) is 6.25. The highest BCUT2D eigenvalue weighted by molar-refractivity contribution is 8.00. The maximum Gasteiger partial charge on any atom is 0.341 e. The van der Waals surface area contributed by atoms with E-state index in [9.17, 15) is 9.59 Å². The van der Waals surface area contributed by atoms with Crippen molar-refractivity contribution >= 4 is 61.5 Å². The van der Waals surface area contributed by atoms with E-state index in [1.54, 1.807) is 18.3 Å². The zero-order valence-corrected chi connectivity index (χ0v) is 21.2. The quantitative estimate of drug-likeness (QED) is 0.185. The van der Waals surface area contributed by atoms with Crippen molar-refractivity contribution < 1.29 is 14.3 Å². The normalized spacial score (nSPS) is 11.0. The molecule has 0 atom stereocenters. The smallest absolute Gasteiger partial charge is 0.341 e. The van der Waals surface area contributed by atoms with Crippen molar-refractivity contribution in [2.45, 2.75) is 32.7 Å². The Morgan fingerprint density at radius 1 is 1.12 bits per heavy atom. The minimum Gasteiger partial charge on any atom is -0.462 e. The molecule has 9 heteroatoms. The van der Waals surface area contributed by atoms with Crippen LogP contribution < -0.4 is 5.32 Å². The third kappa shape index (κ3) is 4.95. The van der Waals surface area contributed by atoms with Gasteiger partial charge >= 0.3 is 5.97 Å². The van der Waals surface area contributed by atoms with E-state index in [1.807, 2.05) is 43.5 Å². The Morgan fingerprint density at radius 2 is 1.88 bits per heavy atom. The maximum atomic E-state index is 12.8. The number of esters is 1. The molecule has 6 nitrogen and oxygen atoms in total. The summed E-state index contributed by atoms with van der Waals surface area (Å²) < 4.78 is 5.28. The zero-order valence-electron chi connectivity index (χ0n) is 18.7. The van der Waals surface area contributed by atoms with Crippen LogP contribution in [0.4, 0.5) is 5.00 Å². The number of hydrogen-bond acceptors (Lipinski definition) is 8. The Balaban J connectivity index is 1.56. The number of hydrogen-bond donors (Lipinski definition) is 1. The number of aryl methyl sites for hydroxylation is 3. The van der Waals surface area contributed by atoms with Crippen LogP contribution in [0.5, 0.6) is 0 Å². The van der Waals surface area contributed by atoms with Crippen LogP contribution in [0.3, 0.4) is 0 Å². The highest BCUT2D eigenvalue weighted by Crippen LogP contribution is 2.37. The van der Waals surface area contributed by atoms with Gasteiger partial charge in [0.15, 0.2) is 0 Å². The lowest BCUT2D eigenvalue weighted by Gasteiger charge is -2.09. The van der Waals surface area contributed by atoms with Gasteiger partial charge in [0.25, 0.3) is 0 Å². The molecule has 1 amide bonds. The predicted octanol–water partition coefficient (Wildman–Crippen LogP) is 6.25. The molecule has 3 aromatic heterocycles. The monoisotopic (exact) mass is 497 g/mol. The lowest BCUT2D eigenvalue weighted by Crippen LogP contribution is -2.16. The molecule has 3 heterocycles. The number of amides is 1. The van der Waals surface area contributed by atoms with Gasteiger partial charge in [-0.3, -0.25) is 4.79 Å². The number of thioether (sulfide) groups is 1. The van der Waals surface area contributed by atoms with Gasteiger partial charge in [0.1, 0.15) is 26.7 Å². The molecule has 0 saturated carbocycles. The lowest BCUT2D eigenvalue weighted by molar-refractivity contribution is -0.113. The molecule has 0 aliphatic heterocycles. The van der Waals surface area contributed by atoms with Gasteiger partial charge in [-0.25, -0.2) is 14.8 Å². The summed E-state index contributed by atoms with van der Waals surface area (Å²) in [7, 11) is 0. The van der Waals surface area contributed by atoms with Gasteiger partial charge in [0.05, 0.1) is 12.4 Å². The molecule has 33 heavy (non-hydrogen) atoms. The minimum absolute atomic E-state index is 0.167. The summed E-state index contributed by atoms with van der Waals surface area (Å²) in [6.07, 6.45) is 1.53. The van der Waals surface area contributed by atoms with Crippen molar-refractivity contribution in [1.29, 1.82) is 0 Å². The van der Waals surface area contributed by atoms with Crippen LogP contribution in [0.1, 0.15) is 33.3 Å². The van der Waals surface area contributed by atoms with Gasteiger partial charge in [0.2, 0.25) is 5.91 Å². The van der Waals surface area contributed by atoms with Gasteiger partial charge in [0, 0.05) is 21.2 Å². The first-order chi connectivity index (χ1) is 15.9. The SMILES string of the molecule is CCOC(=O)c1c(-c2ccc(C)cc2)csc1NC(=O)CSc1ncnc2sc(C)c(C)c12. The lowest BCUT2D eigenvalue weighted by atomic mass is 10.0. The fourth-order valence-electron chi connectivity index (χ4n) is 3.36. The number of aromatic nitrogens is 2. The molecule has 0 spiro atoms. The average Bonchev–Trinajstić information content (AvgIpc) is 3.34. The van der Waals surface area contributed by atoms with Crippen LogP contribution in [-0.2, 0) is 9.53 Å². The first kappa shape index (κ1) is 23.4. The van der Waals surface area contributed by atoms with Gasteiger partial charge < -0.3 is 10.1 Å². The molecular formula is C24H23N3O3S3. The Morgan fingerprint density at radius 3 is 2.61 bits per heavy atom. The van der Waals surface area contributed by atoms with Gasteiger partial charge in [-0.2, -0.15) is 0 Å². The fraction of sp³-hybridized carbons (Fsp3) is 0.250. The third-order valence-corrected chi connectivity index (χ3v) is 8.16. The molecular weight excluding hydrogens is 474 g/mol. The van der Waals surface area contributed by atoms with Crippen molar-refractivity contribution in [2.75, 3.05) is 17.7 Å². The van der Waals surface area contributed by atoms with Crippen LogP contribution in [0, 0.1) is 20.8 Å². The number of carbonyl (C=O) groups excluding carboxylic acids is 2. The molecule has 0 unspecified atom stereocenters. The highest BCUT2D eigenvalue weighted by atomic mass is 32.2. The number of anilines is 1. The Bertz CT molecular complexity index is 1330. The molecule has 0 aliphatic rings. The van der Waals surface area contributed by atoms with Crippen LogP contribution in [0.2, 0.25) is 0 Å². The summed E-state index contributed by atoms with van der Waals surface area (Å²) in [5.74, 6) is -0.487. The van der Waals surface area contributed by atoms with Crippen LogP contribution in [0.15, 0.2) is 41.0 Å². The van der Waals surface area contributed by atoms with Crippen molar-refractivity contribution in [3.05, 3.63) is 57.5 Å². The summed E-state index contributed by atoms with van der Waals surface area (Å²) in [6, 6.07) is 7.92. The minimum atomic E-state index is -0.445. The van der Waals surface area contributed by atoms with Gasteiger partial charge in [-0.15, -0.1) is 22.7 Å². The van der Waals surface area contributed by atoms with Gasteiger partial charge in [-0.05, 0) is 38.8 Å². The maximum absolute atomic E-state index is 12.8. The van der Waals surface area contributed by atoms with E-state index in [0.717, 1.165) is 37.5 Å². The van der Waals surface area contributed by atoms with Crippen molar-refractivity contribution in [3.63, 3.8) is 0 Å². The molecule has 4 aromatic rings. The Kier molecular flexibility index (Phi) is 7.11. The number of nitrogens with one attached hydrogen (secondary N) is 1. The third-order valence-electron chi connectivity index (χ3n) is 5.16. The van der Waals surface area contributed by atoms with Gasteiger partial charge in [-0.1, -0.05) is 41.6 Å². The number of rotatable bonds is 7. The van der Waals surface area contributed by atoms with Crippen LogP contribution in [0.25, 0.3) is 21.3 Å². The number of fused-ring (bicyclic) bond motifs is 1. The summed E-state index contributed by atoms with van der Waals surface area (Å²) in [5.41, 5.74) is 4.32. The topological polar surface area (TPSA) is 81.2 Å². The first-order valence-electron chi connectivity index (χ1n) is 10.4. The number of carbonyl (C=O) groups is 2. The largest absolute Gasteiger partial charge is 0.462 e. The molecule has 1 aromatic carbocycles. The zero-order chi connectivity index (χ0) is 23.5. The predicted molar refractivity (Wildman–Crippen MR) is 137 cm³/mol. The standard InChI is InChI=1S/C24H23N3O3S3/c1-5-30-24(29)20-17(16-8-6-13(2)7-9-16)10-31-23(20)27-18(28)11-32-21-19-14(3)15(4)33-22(19)26-12-25-21/h6-10,12H,5,11H2,1-4H3,(H,27,28). The van der Waals surface area contributed by atoms with Crippen molar-refractivity contribution in [2.24, 2.45) is 0 Å². The summed E-state index contributed by atoms with van der Waals surface area (Å²) in [6.45, 7) is 8.14. The molecule has 170 valence electrons. The van der Waals surface area contributed by atoms with Crippen LogP contribution in [-0.4, -0.2) is 34.2 Å². The van der Waals surface area contributed by atoms with Crippen LogP contribution >= 0.6 is 34.4 Å². The molecule has 0 fully saturated rings. The van der Waals surface area contributed by atoms with E-state index in [1.165, 1.54) is 34.3 Å². The molecule has 0 bridgehead atoms. The highest BCUT2D eigenvalue weighted by Gasteiger charge is 2.23.